The Morgan fingerprint density at radius 3 is 2.35 bits per heavy atom. The third kappa shape index (κ3) is 6.77. The molecular weight excluding hydrogens is 293 g/mol. The number of carbonyl (C=O) groups is 1. The van der Waals surface area contributed by atoms with Crippen molar-refractivity contribution in [1.29, 1.82) is 0 Å². The lowest BCUT2D eigenvalue weighted by Crippen LogP contribution is -2.44. The van der Waals surface area contributed by atoms with Gasteiger partial charge in [0.2, 0.25) is 5.91 Å². The second-order valence-corrected chi connectivity index (χ2v) is 4.42. The standard InChI is InChI=1S/C13H17F3N2O.ClH/c1-18(8-7-13(14,15)16)12(19)11(17)9-10-5-3-2-4-6-10;/h2-6,11H,7-9,17H2,1H3;1H. The van der Waals surface area contributed by atoms with Crippen LogP contribution in [0.15, 0.2) is 30.3 Å². The topological polar surface area (TPSA) is 46.3 Å². The van der Waals surface area contributed by atoms with Crippen LogP contribution in [0.1, 0.15) is 12.0 Å². The van der Waals surface area contributed by atoms with E-state index in [1.807, 2.05) is 30.3 Å². The van der Waals surface area contributed by atoms with Crippen LogP contribution in [-0.2, 0) is 11.2 Å². The number of amides is 1. The first-order valence-electron chi connectivity index (χ1n) is 5.91. The zero-order chi connectivity index (χ0) is 14.5. The molecule has 0 saturated carbocycles. The van der Waals surface area contributed by atoms with Gasteiger partial charge in [0.25, 0.3) is 0 Å². The van der Waals surface area contributed by atoms with Gasteiger partial charge in [-0.25, -0.2) is 0 Å². The zero-order valence-corrected chi connectivity index (χ0v) is 11.9. The predicted molar refractivity (Wildman–Crippen MR) is 73.7 cm³/mol. The van der Waals surface area contributed by atoms with Crippen LogP contribution < -0.4 is 5.73 Å². The molecule has 0 saturated heterocycles. The Hall–Kier alpha value is -1.27. The Balaban J connectivity index is 0.00000361. The fourth-order valence-corrected chi connectivity index (χ4v) is 1.64. The van der Waals surface area contributed by atoms with Crippen molar-refractivity contribution in [2.24, 2.45) is 5.73 Å². The highest BCUT2D eigenvalue weighted by atomic mass is 35.5. The number of hydrogen-bond donors (Lipinski definition) is 1. The second kappa shape index (κ2) is 8.11. The minimum Gasteiger partial charge on any atom is -0.344 e. The normalized spacial score (nSPS) is 12.4. The summed E-state index contributed by atoms with van der Waals surface area (Å²) in [6, 6.07) is 8.30. The van der Waals surface area contributed by atoms with Crippen molar-refractivity contribution in [2.45, 2.75) is 25.1 Å². The third-order valence-corrected chi connectivity index (χ3v) is 2.72. The van der Waals surface area contributed by atoms with Gasteiger partial charge in [0, 0.05) is 13.6 Å². The molecule has 0 fully saturated rings. The minimum absolute atomic E-state index is 0. The van der Waals surface area contributed by atoms with Gasteiger partial charge in [-0.05, 0) is 12.0 Å². The number of hydrogen-bond acceptors (Lipinski definition) is 2. The van der Waals surface area contributed by atoms with Gasteiger partial charge >= 0.3 is 6.18 Å². The predicted octanol–water partition coefficient (Wildman–Crippen LogP) is 2.39. The number of benzene rings is 1. The molecule has 1 amide bonds. The highest BCUT2D eigenvalue weighted by molar-refractivity contribution is 5.85. The smallest absolute Gasteiger partial charge is 0.344 e. The summed E-state index contributed by atoms with van der Waals surface area (Å²) in [5.74, 6) is -0.479. The van der Waals surface area contributed by atoms with Gasteiger partial charge < -0.3 is 10.6 Å². The maximum Gasteiger partial charge on any atom is 0.390 e. The van der Waals surface area contributed by atoms with Crippen LogP contribution in [-0.4, -0.2) is 36.6 Å². The molecule has 0 aliphatic carbocycles. The van der Waals surface area contributed by atoms with Crippen molar-refractivity contribution in [2.75, 3.05) is 13.6 Å². The van der Waals surface area contributed by atoms with Crippen LogP contribution in [0.5, 0.6) is 0 Å². The van der Waals surface area contributed by atoms with Crippen LogP contribution in [0.2, 0.25) is 0 Å². The minimum atomic E-state index is -4.27. The van der Waals surface area contributed by atoms with Crippen LogP contribution in [0, 0.1) is 0 Å². The number of nitrogens with zero attached hydrogens (tertiary/aromatic N) is 1. The average Bonchev–Trinajstić information content (AvgIpc) is 2.35. The van der Waals surface area contributed by atoms with E-state index in [2.05, 4.69) is 0 Å². The van der Waals surface area contributed by atoms with E-state index in [9.17, 15) is 18.0 Å². The van der Waals surface area contributed by atoms with E-state index in [1.165, 1.54) is 7.05 Å². The molecule has 3 nitrogen and oxygen atoms in total. The van der Waals surface area contributed by atoms with Crippen LogP contribution in [0.4, 0.5) is 13.2 Å². The summed E-state index contributed by atoms with van der Waals surface area (Å²) >= 11 is 0. The lowest BCUT2D eigenvalue weighted by atomic mass is 10.1. The molecule has 1 rings (SSSR count). The van der Waals surface area contributed by atoms with E-state index in [1.54, 1.807) is 0 Å². The molecule has 0 aliphatic rings. The largest absolute Gasteiger partial charge is 0.390 e. The SMILES string of the molecule is CN(CCC(F)(F)F)C(=O)C(N)Cc1ccccc1.Cl. The van der Waals surface area contributed by atoms with E-state index in [0.29, 0.717) is 6.42 Å². The fraction of sp³-hybridized carbons (Fsp3) is 0.462. The van der Waals surface area contributed by atoms with Gasteiger partial charge in [-0.2, -0.15) is 13.2 Å². The van der Waals surface area contributed by atoms with Crippen molar-refractivity contribution in [3.63, 3.8) is 0 Å². The van der Waals surface area contributed by atoms with E-state index < -0.39 is 24.5 Å². The summed E-state index contributed by atoms with van der Waals surface area (Å²) < 4.78 is 36.2. The lowest BCUT2D eigenvalue weighted by molar-refractivity contribution is -0.144. The maximum absolute atomic E-state index is 12.1. The zero-order valence-electron chi connectivity index (χ0n) is 11.1. The molecule has 20 heavy (non-hydrogen) atoms. The van der Waals surface area contributed by atoms with Gasteiger partial charge in [-0.1, -0.05) is 30.3 Å². The molecule has 1 atom stereocenters. The Labute approximate surface area is 122 Å². The van der Waals surface area contributed by atoms with E-state index in [0.717, 1.165) is 10.5 Å². The molecule has 0 aromatic heterocycles. The maximum atomic E-state index is 12.1. The summed E-state index contributed by atoms with van der Waals surface area (Å²) in [6.07, 6.45) is -4.97. The molecule has 0 aliphatic heterocycles. The molecule has 0 bridgehead atoms. The van der Waals surface area contributed by atoms with E-state index >= 15 is 0 Å². The Morgan fingerprint density at radius 2 is 1.85 bits per heavy atom. The van der Waals surface area contributed by atoms with Crippen molar-refractivity contribution < 1.29 is 18.0 Å². The Morgan fingerprint density at radius 1 is 1.30 bits per heavy atom. The molecule has 0 spiro atoms. The second-order valence-electron chi connectivity index (χ2n) is 4.42. The molecule has 0 heterocycles. The summed E-state index contributed by atoms with van der Waals surface area (Å²) in [7, 11) is 1.33. The van der Waals surface area contributed by atoms with Gasteiger partial charge in [0.1, 0.15) is 0 Å². The Bertz CT molecular complexity index is 412. The van der Waals surface area contributed by atoms with Crippen molar-refractivity contribution >= 4 is 18.3 Å². The average molecular weight is 311 g/mol. The van der Waals surface area contributed by atoms with Crippen LogP contribution >= 0.6 is 12.4 Å². The first-order chi connectivity index (χ1) is 8.79. The highest BCUT2D eigenvalue weighted by Crippen LogP contribution is 2.19. The van der Waals surface area contributed by atoms with Gasteiger partial charge in [-0.3, -0.25) is 4.79 Å². The molecule has 7 heteroatoms. The molecule has 2 N–H and O–H groups in total. The fourth-order valence-electron chi connectivity index (χ4n) is 1.64. The number of alkyl halides is 3. The summed E-state index contributed by atoms with van der Waals surface area (Å²) in [5.41, 5.74) is 6.60. The molecule has 1 unspecified atom stereocenters. The molecule has 0 radical (unpaired) electrons. The van der Waals surface area contributed by atoms with E-state index in [-0.39, 0.29) is 19.0 Å². The van der Waals surface area contributed by atoms with Crippen molar-refractivity contribution in [1.82, 2.24) is 4.90 Å². The Kier molecular flexibility index (Phi) is 7.60. The molecule has 114 valence electrons. The van der Waals surface area contributed by atoms with Gasteiger partial charge in [-0.15, -0.1) is 12.4 Å². The van der Waals surface area contributed by atoms with Crippen molar-refractivity contribution in [3.05, 3.63) is 35.9 Å². The quantitative estimate of drug-likeness (QED) is 0.907. The number of likely N-dealkylation sites (N-methyl/N-ethyl adjacent to an activating group) is 1. The summed E-state index contributed by atoms with van der Waals surface area (Å²) in [5, 5.41) is 0. The third-order valence-electron chi connectivity index (χ3n) is 2.72. The number of rotatable bonds is 5. The summed E-state index contributed by atoms with van der Waals surface area (Å²) in [4.78, 5) is 12.8. The molecular formula is C13H18ClF3N2O. The van der Waals surface area contributed by atoms with Crippen LogP contribution in [0.3, 0.4) is 0 Å². The summed E-state index contributed by atoms with van der Waals surface area (Å²) in [6.45, 7) is -0.370. The van der Waals surface area contributed by atoms with Gasteiger partial charge in [0.05, 0.1) is 12.5 Å². The van der Waals surface area contributed by atoms with E-state index in [4.69, 9.17) is 5.73 Å². The van der Waals surface area contributed by atoms with Gasteiger partial charge in [0.15, 0.2) is 0 Å². The highest BCUT2D eigenvalue weighted by Gasteiger charge is 2.29. The number of halogens is 4. The first kappa shape index (κ1) is 18.7. The number of carbonyl (C=O) groups excluding carboxylic acids is 1. The lowest BCUT2D eigenvalue weighted by Gasteiger charge is -2.22. The van der Waals surface area contributed by atoms with Crippen molar-refractivity contribution in [3.8, 4) is 0 Å². The monoisotopic (exact) mass is 310 g/mol. The molecule has 1 aromatic carbocycles. The first-order valence-corrected chi connectivity index (χ1v) is 5.91. The number of nitrogens with two attached hydrogens (primary N) is 1. The molecule has 1 aromatic rings. The van der Waals surface area contributed by atoms with Crippen LogP contribution in [0.25, 0.3) is 0 Å².